The maximum Gasteiger partial charge on any atom is 0.0628 e. The summed E-state index contributed by atoms with van der Waals surface area (Å²) in [5.74, 6) is 0.591. The Morgan fingerprint density at radius 1 is 0.833 bits per heavy atom. The van der Waals surface area contributed by atoms with Gasteiger partial charge in [0, 0.05) is 5.92 Å². The standard InChI is InChI=1S/C16H32O2/c1-13(2)17-12-15-10-8-6-5-7-9-11-16(15)18-14(3)4/h13-16H,5-12H2,1-4H3. The van der Waals surface area contributed by atoms with Gasteiger partial charge < -0.3 is 9.47 Å². The molecule has 0 bridgehead atoms. The summed E-state index contributed by atoms with van der Waals surface area (Å²) < 4.78 is 12.0. The van der Waals surface area contributed by atoms with E-state index >= 15 is 0 Å². The van der Waals surface area contributed by atoms with Crippen LogP contribution < -0.4 is 0 Å². The van der Waals surface area contributed by atoms with E-state index in [1.165, 1.54) is 44.9 Å². The molecule has 2 atom stereocenters. The molecule has 2 heteroatoms. The normalized spacial score (nSPS) is 27.0. The molecule has 108 valence electrons. The molecule has 1 saturated carbocycles. The molecule has 0 radical (unpaired) electrons. The summed E-state index contributed by atoms with van der Waals surface area (Å²) in [4.78, 5) is 0. The van der Waals surface area contributed by atoms with Crippen LogP contribution >= 0.6 is 0 Å². The summed E-state index contributed by atoms with van der Waals surface area (Å²) in [6.45, 7) is 9.40. The van der Waals surface area contributed by atoms with Gasteiger partial charge in [-0.15, -0.1) is 0 Å². The molecule has 0 aromatic rings. The fourth-order valence-electron chi connectivity index (χ4n) is 2.74. The zero-order valence-corrected chi connectivity index (χ0v) is 12.8. The molecule has 2 nitrogen and oxygen atoms in total. The highest BCUT2D eigenvalue weighted by atomic mass is 16.5. The highest BCUT2D eigenvalue weighted by Gasteiger charge is 2.24. The predicted octanol–water partition coefficient (Wildman–Crippen LogP) is 4.57. The Bertz CT molecular complexity index is 201. The lowest BCUT2D eigenvalue weighted by atomic mass is 9.94. The summed E-state index contributed by atoms with van der Waals surface area (Å²) in [5, 5.41) is 0. The average Bonchev–Trinajstić information content (AvgIpc) is 2.38. The van der Waals surface area contributed by atoms with Gasteiger partial charge >= 0.3 is 0 Å². The summed E-state index contributed by atoms with van der Waals surface area (Å²) in [6, 6.07) is 0. The summed E-state index contributed by atoms with van der Waals surface area (Å²) in [6.07, 6.45) is 10.3. The fraction of sp³-hybridized carbons (Fsp3) is 1.00. The first-order valence-corrected chi connectivity index (χ1v) is 7.86. The van der Waals surface area contributed by atoms with E-state index in [1.54, 1.807) is 0 Å². The topological polar surface area (TPSA) is 18.5 Å². The van der Waals surface area contributed by atoms with Gasteiger partial charge in [-0.1, -0.05) is 32.1 Å². The molecule has 1 aliphatic carbocycles. The quantitative estimate of drug-likeness (QED) is 0.717. The predicted molar refractivity (Wildman–Crippen MR) is 76.9 cm³/mol. The van der Waals surface area contributed by atoms with E-state index in [2.05, 4.69) is 27.7 Å². The Morgan fingerprint density at radius 3 is 2.06 bits per heavy atom. The minimum Gasteiger partial charge on any atom is -0.378 e. The van der Waals surface area contributed by atoms with Crippen LogP contribution in [0.4, 0.5) is 0 Å². The Balaban J connectivity index is 2.54. The van der Waals surface area contributed by atoms with Crippen LogP contribution in [0, 0.1) is 5.92 Å². The van der Waals surface area contributed by atoms with Crippen molar-refractivity contribution in [1.82, 2.24) is 0 Å². The molecule has 18 heavy (non-hydrogen) atoms. The van der Waals surface area contributed by atoms with Crippen LogP contribution in [0.2, 0.25) is 0 Å². The maximum absolute atomic E-state index is 6.15. The van der Waals surface area contributed by atoms with E-state index in [0.29, 0.717) is 24.2 Å². The van der Waals surface area contributed by atoms with Crippen LogP contribution in [0.25, 0.3) is 0 Å². The first kappa shape index (κ1) is 16.0. The molecule has 1 fully saturated rings. The van der Waals surface area contributed by atoms with Crippen molar-refractivity contribution in [2.24, 2.45) is 5.92 Å². The van der Waals surface area contributed by atoms with Gasteiger partial charge in [-0.3, -0.25) is 0 Å². The molecule has 0 heterocycles. The molecule has 0 aromatic heterocycles. The van der Waals surface area contributed by atoms with Crippen LogP contribution in [0.3, 0.4) is 0 Å². The number of hydrogen-bond acceptors (Lipinski definition) is 2. The van der Waals surface area contributed by atoms with E-state index in [1.807, 2.05) is 0 Å². The van der Waals surface area contributed by atoms with Gasteiger partial charge in [0.05, 0.1) is 24.9 Å². The minimum absolute atomic E-state index is 0.331. The van der Waals surface area contributed by atoms with Gasteiger partial charge in [-0.05, 0) is 40.5 Å². The number of ether oxygens (including phenoxy) is 2. The van der Waals surface area contributed by atoms with Crippen molar-refractivity contribution in [3.8, 4) is 0 Å². The Kier molecular flexibility index (Phi) is 7.92. The highest BCUT2D eigenvalue weighted by Crippen LogP contribution is 2.26. The molecule has 0 saturated heterocycles. The van der Waals surface area contributed by atoms with Crippen LogP contribution in [0.1, 0.15) is 72.6 Å². The molecular formula is C16H32O2. The minimum atomic E-state index is 0.331. The second-order valence-electron chi connectivity index (χ2n) is 6.21. The van der Waals surface area contributed by atoms with Crippen molar-refractivity contribution in [3.63, 3.8) is 0 Å². The van der Waals surface area contributed by atoms with E-state index < -0.39 is 0 Å². The molecule has 0 aromatic carbocycles. The molecule has 0 aliphatic heterocycles. The second kappa shape index (κ2) is 8.92. The van der Waals surface area contributed by atoms with Crippen molar-refractivity contribution in [2.75, 3.05) is 6.61 Å². The summed E-state index contributed by atoms with van der Waals surface area (Å²) in [5.41, 5.74) is 0. The fourth-order valence-corrected chi connectivity index (χ4v) is 2.74. The SMILES string of the molecule is CC(C)OCC1CCCCCCCC1OC(C)C. The maximum atomic E-state index is 6.15. The zero-order chi connectivity index (χ0) is 13.4. The van der Waals surface area contributed by atoms with Crippen LogP contribution in [0.15, 0.2) is 0 Å². The van der Waals surface area contributed by atoms with Gasteiger partial charge in [0.25, 0.3) is 0 Å². The Labute approximate surface area is 113 Å². The van der Waals surface area contributed by atoms with Crippen molar-refractivity contribution < 1.29 is 9.47 Å². The Hall–Kier alpha value is -0.0800. The van der Waals surface area contributed by atoms with Crippen LogP contribution in [-0.2, 0) is 9.47 Å². The number of hydrogen-bond donors (Lipinski definition) is 0. The van der Waals surface area contributed by atoms with Gasteiger partial charge in [0.1, 0.15) is 0 Å². The van der Waals surface area contributed by atoms with Crippen molar-refractivity contribution in [3.05, 3.63) is 0 Å². The first-order valence-electron chi connectivity index (χ1n) is 7.86. The smallest absolute Gasteiger partial charge is 0.0628 e. The monoisotopic (exact) mass is 256 g/mol. The van der Waals surface area contributed by atoms with E-state index in [9.17, 15) is 0 Å². The first-order chi connectivity index (χ1) is 8.59. The lowest BCUT2D eigenvalue weighted by Crippen LogP contribution is -2.31. The van der Waals surface area contributed by atoms with Gasteiger partial charge in [-0.25, -0.2) is 0 Å². The number of rotatable bonds is 5. The summed E-state index contributed by atoms with van der Waals surface area (Å²) >= 11 is 0. The van der Waals surface area contributed by atoms with E-state index in [4.69, 9.17) is 9.47 Å². The molecule has 0 spiro atoms. The third-order valence-electron chi connectivity index (χ3n) is 3.68. The van der Waals surface area contributed by atoms with Crippen LogP contribution in [-0.4, -0.2) is 24.9 Å². The van der Waals surface area contributed by atoms with Crippen molar-refractivity contribution in [1.29, 1.82) is 0 Å². The molecule has 0 amide bonds. The van der Waals surface area contributed by atoms with Crippen molar-refractivity contribution in [2.45, 2.75) is 91.0 Å². The molecule has 0 N–H and O–H groups in total. The third kappa shape index (κ3) is 6.75. The summed E-state index contributed by atoms with van der Waals surface area (Å²) in [7, 11) is 0. The molecule has 1 rings (SSSR count). The molecule has 1 aliphatic rings. The Morgan fingerprint density at radius 2 is 1.44 bits per heavy atom. The third-order valence-corrected chi connectivity index (χ3v) is 3.68. The lowest BCUT2D eigenvalue weighted by molar-refractivity contribution is -0.0649. The average molecular weight is 256 g/mol. The highest BCUT2D eigenvalue weighted by molar-refractivity contribution is 4.74. The van der Waals surface area contributed by atoms with E-state index in [0.717, 1.165) is 6.61 Å². The largest absolute Gasteiger partial charge is 0.378 e. The lowest BCUT2D eigenvalue weighted by Gasteiger charge is -2.29. The van der Waals surface area contributed by atoms with Gasteiger partial charge in [-0.2, -0.15) is 0 Å². The second-order valence-corrected chi connectivity index (χ2v) is 6.21. The van der Waals surface area contributed by atoms with Gasteiger partial charge in [0.2, 0.25) is 0 Å². The van der Waals surface area contributed by atoms with E-state index in [-0.39, 0.29) is 0 Å². The molecular weight excluding hydrogens is 224 g/mol. The zero-order valence-electron chi connectivity index (χ0n) is 12.8. The van der Waals surface area contributed by atoms with Gasteiger partial charge in [0.15, 0.2) is 0 Å². The van der Waals surface area contributed by atoms with Crippen LogP contribution in [0.5, 0.6) is 0 Å². The molecule has 2 unspecified atom stereocenters. The van der Waals surface area contributed by atoms with Crippen molar-refractivity contribution >= 4 is 0 Å².